The fraction of sp³-hybridized carbons (Fsp3) is 0.0667. The summed E-state index contributed by atoms with van der Waals surface area (Å²) < 4.78 is 5.41. The van der Waals surface area contributed by atoms with Crippen molar-refractivity contribution in [1.82, 2.24) is 4.98 Å². The molecule has 2 aromatic rings. The van der Waals surface area contributed by atoms with Gasteiger partial charge in [-0.1, -0.05) is 36.4 Å². The molecule has 18 heavy (non-hydrogen) atoms. The van der Waals surface area contributed by atoms with Crippen molar-refractivity contribution < 1.29 is 9.53 Å². The highest BCUT2D eigenvalue weighted by Gasteiger charge is 1.99. The van der Waals surface area contributed by atoms with Gasteiger partial charge < -0.3 is 4.74 Å². The van der Waals surface area contributed by atoms with E-state index < -0.39 is 0 Å². The van der Waals surface area contributed by atoms with Crippen LogP contribution in [0.25, 0.3) is 6.08 Å². The fourth-order valence-corrected chi connectivity index (χ4v) is 1.46. The zero-order valence-electron chi connectivity index (χ0n) is 9.82. The first-order chi connectivity index (χ1) is 8.88. The van der Waals surface area contributed by atoms with Crippen LogP contribution in [0, 0.1) is 0 Å². The highest BCUT2D eigenvalue weighted by molar-refractivity contribution is 5.78. The molecule has 0 aliphatic carbocycles. The number of pyridine rings is 1. The Kier molecular flexibility index (Phi) is 4.25. The number of hydrogen-bond acceptors (Lipinski definition) is 3. The average molecular weight is 239 g/mol. The number of allylic oxidation sites excluding steroid dienone is 1. The second kappa shape index (κ2) is 6.35. The summed E-state index contributed by atoms with van der Waals surface area (Å²) in [6.45, 7) is 0.290. The molecule has 0 aliphatic heterocycles. The maximum atomic E-state index is 10.9. The Morgan fingerprint density at radius 2 is 1.89 bits per heavy atom. The molecule has 1 heterocycles. The smallest absolute Gasteiger partial charge is 0.184 e. The number of ether oxygens (including phenoxy) is 1. The van der Waals surface area contributed by atoms with Crippen molar-refractivity contribution in [2.45, 2.75) is 6.61 Å². The maximum absolute atomic E-state index is 10.9. The third kappa shape index (κ3) is 3.56. The lowest BCUT2D eigenvalue weighted by atomic mass is 10.2. The maximum Gasteiger partial charge on any atom is 0.184 e. The van der Waals surface area contributed by atoms with Crippen molar-refractivity contribution in [3.05, 3.63) is 71.7 Å². The number of aldehydes is 1. The molecule has 0 saturated carbocycles. The molecule has 0 aliphatic rings. The molecular weight excluding hydrogens is 226 g/mol. The predicted octanol–water partition coefficient (Wildman–Crippen LogP) is 2.84. The second-order valence-electron chi connectivity index (χ2n) is 3.68. The third-order valence-corrected chi connectivity index (χ3v) is 2.34. The van der Waals surface area contributed by atoms with E-state index in [9.17, 15) is 4.79 Å². The van der Waals surface area contributed by atoms with Gasteiger partial charge in [0.2, 0.25) is 0 Å². The van der Waals surface area contributed by atoms with Crippen LogP contribution in [0.15, 0.2) is 60.5 Å². The summed E-state index contributed by atoms with van der Waals surface area (Å²) in [4.78, 5) is 15.0. The summed E-state index contributed by atoms with van der Waals surface area (Å²) in [5.74, 6) is 0.298. The molecule has 0 unspecified atom stereocenters. The summed E-state index contributed by atoms with van der Waals surface area (Å²) in [7, 11) is 0. The summed E-state index contributed by atoms with van der Waals surface area (Å²) in [5.41, 5.74) is 1.72. The van der Waals surface area contributed by atoms with E-state index in [1.165, 1.54) is 0 Å². The zero-order chi connectivity index (χ0) is 12.6. The van der Waals surface area contributed by atoms with Crippen molar-refractivity contribution in [2.75, 3.05) is 0 Å². The molecule has 0 fully saturated rings. The molecule has 0 atom stereocenters. The predicted molar refractivity (Wildman–Crippen MR) is 69.5 cm³/mol. The van der Waals surface area contributed by atoms with Crippen LogP contribution < -0.4 is 0 Å². The van der Waals surface area contributed by atoms with Gasteiger partial charge in [0.1, 0.15) is 6.61 Å². The van der Waals surface area contributed by atoms with Gasteiger partial charge in [-0.3, -0.25) is 9.78 Å². The molecule has 0 saturated heterocycles. The van der Waals surface area contributed by atoms with E-state index in [0.717, 1.165) is 11.3 Å². The summed E-state index contributed by atoms with van der Waals surface area (Å²) in [6, 6.07) is 15.1. The summed E-state index contributed by atoms with van der Waals surface area (Å²) >= 11 is 0. The highest BCUT2D eigenvalue weighted by atomic mass is 16.5. The van der Waals surface area contributed by atoms with Crippen molar-refractivity contribution in [3.63, 3.8) is 0 Å². The van der Waals surface area contributed by atoms with E-state index in [0.29, 0.717) is 12.0 Å². The topological polar surface area (TPSA) is 39.2 Å². The van der Waals surface area contributed by atoms with Crippen molar-refractivity contribution >= 4 is 12.4 Å². The van der Waals surface area contributed by atoms with Crippen LogP contribution in [0.3, 0.4) is 0 Å². The standard InChI is InChI=1S/C15H13NO2/c17-11-15(10-13-6-2-1-3-7-13)18-12-14-8-4-5-9-16-14/h1-11H,12H2. The van der Waals surface area contributed by atoms with E-state index in [2.05, 4.69) is 4.98 Å². The third-order valence-electron chi connectivity index (χ3n) is 2.34. The minimum absolute atomic E-state index is 0.290. The summed E-state index contributed by atoms with van der Waals surface area (Å²) in [5, 5.41) is 0. The minimum atomic E-state index is 0.290. The van der Waals surface area contributed by atoms with Crippen LogP contribution >= 0.6 is 0 Å². The van der Waals surface area contributed by atoms with Gasteiger partial charge in [0, 0.05) is 6.20 Å². The Balaban J connectivity index is 2.02. The molecule has 90 valence electrons. The van der Waals surface area contributed by atoms with Gasteiger partial charge in [-0.15, -0.1) is 0 Å². The minimum Gasteiger partial charge on any atom is -0.484 e. The van der Waals surface area contributed by atoms with Gasteiger partial charge in [0.05, 0.1) is 5.69 Å². The first-order valence-corrected chi connectivity index (χ1v) is 5.63. The van der Waals surface area contributed by atoms with Gasteiger partial charge >= 0.3 is 0 Å². The highest BCUT2D eigenvalue weighted by Crippen LogP contribution is 2.08. The number of nitrogens with zero attached hydrogens (tertiary/aromatic N) is 1. The number of rotatable bonds is 5. The van der Waals surface area contributed by atoms with Gasteiger partial charge in [-0.25, -0.2) is 0 Å². The molecule has 0 radical (unpaired) electrons. The molecule has 1 aromatic heterocycles. The van der Waals surface area contributed by atoms with E-state index in [-0.39, 0.29) is 6.61 Å². The van der Waals surface area contributed by atoms with Crippen LogP contribution in [0.5, 0.6) is 0 Å². The van der Waals surface area contributed by atoms with Gasteiger partial charge in [0.25, 0.3) is 0 Å². The van der Waals surface area contributed by atoms with Crippen LogP contribution in [0.1, 0.15) is 11.3 Å². The Labute approximate surface area is 106 Å². The van der Waals surface area contributed by atoms with E-state index in [4.69, 9.17) is 4.74 Å². The SMILES string of the molecule is O=CC(=Cc1ccccc1)OCc1ccccn1. The largest absolute Gasteiger partial charge is 0.484 e. The number of aromatic nitrogens is 1. The van der Waals surface area contributed by atoms with Gasteiger partial charge in [0.15, 0.2) is 12.0 Å². The number of carbonyl (C=O) groups excluding carboxylic acids is 1. The first kappa shape index (κ1) is 12.0. The van der Waals surface area contributed by atoms with Gasteiger partial charge in [-0.05, 0) is 23.8 Å². The first-order valence-electron chi connectivity index (χ1n) is 5.63. The van der Waals surface area contributed by atoms with Gasteiger partial charge in [-0.2, -0.15) is 0 Å². The molecule has 3 heteroatoms. The molecule has 0 bridgehead atoms. The van der Waals surface area contributed by atoms with E-state index in [1.807, 2.05) is 48.5 Å². The zero-order valence-corrected chi connectivity index (χ0v) is 9.82. The van der Waals surface area contributed by atoms with E-state index >= 15 is 0 Å². The van der Waals surface area contributed by atoms with Crippen LogP contribution in [-0.4, -0.2) is 11.3 Å². The number of hydrogen-bond donors (Lipinski definition) is 0. The normalized spacial score (nSPS) is 11.0. The second-order valence-corrected chi connectivity index (χ2v) is 3.68. The molecule has 0 N–H and O–H groups in total. The summed E-state index contributed by atoms with van der Waals surface area (Å²) in [6.07, 6.45) is 4.10. The Hall–Kier alpha value is -2.42. The van der Waals surface area contributed by atoms with E-state index in [1.54, 1.807) is 12.3 Å². The van der Waals surface area contributed by atoms with Crippen molar-refractivity contribution in [3.8, 4) is 0 Å². The lowest BCUT2D eigenvalue weighted by molar-refractivity contribution is -0.107. The number of benzene rings is 1. The monoisotopic (exact) mass is 239 g/mol. The molecule has 2 rings (SSSR count). The molecule has 0 spiro atoms. The Bertz CT molecular complexity index is 521. The lowest BCUT2D eigenvalue weighted by Crippen LogP contribution is -1.96. The van der Waals surface area contributed by atoms with Crippen LogP contribution in [0.2, 0.25) is 0 Å². The van der Waals surface area contributed by atoms with Crippen molar-refractivity contribution in [2.24, 2.45) is 0 Å². The molecular formula is C15H13NO2. The van der Waals surface area contributed by atoms with Crippen LogP contribution in [-0.2, 0) is 16.1 Å². The van der Waals surface area contributed by atoms with Crippen molar-refractivity contribution in [1.29, 1.82) is 0 Å². The number of carbonyl (C=O) groups is 1. The molecule has 3 nitrogen and oxygen atoms in total. The lowest BCUT2D eigenvalue weighted by Gasteiger charge is -2.04. The fourth-order valence-electron chi connectivity index (χ4n) is 1.46. The Morgan fingerprint density at radius 3 is 2.56 bits per heavy atom. The average Bonchev–Trinajstić information content (AvgIpc) is 2.45. The quantitative estimate of drug-likeness (QED) is 0.457. The Morgan fingerprint density at radius 1 is 1.11 bits per heavy atom. The molecule has 0 amide bonds. The van der Waals surface area contributed by atoms with Crippen LogP contribution in [0.4, 0.5) is 0 Å². The molecule has 1 aromatic carbocycles.